The molecule has 1 aromatic rings. The Balaban J connectivity index is 1.92. The van der Waals surface area contributed by atoms with Gasteiger partial charge in [0.25, 0.3) is 0 Å². The molecule has 0 bridgehead atoms. The Bertz CT molecular complexity index is 729. The van der Waals surface area contributed by atoms with Gasteiger partial charge in [-0.15, -0.1) is 0 Å². The van der Waals surface area contributed by atoms with Gasteiger partial charge in [0.2, 0.25) is 16.8 Å². The van der Waals surface area contributed by atoms with Crippen molar-refractivity contribution in [2.75, 3.05) is 19.9 Å². The minimum absolute atomic E-state index is 0.00500. The number of nitrogens with zero attached hydrogens (tertiary/aromatic N) is 1. The van der Waals surface area contributed by atoms with Crippen molar-refractivity contribution in [3.63, 3.8) is 0 Å². The molecule has 1 saturated heterocycles. The van der Waals surface area contributed by atoms with Crippen LogP contribution in [0.25, 0.3) is 0 Å². The van der Waals surface area contributed by atoms with Gasteiger partial charge in [-0.1, -0.05) is 6.07 Å². The number of carboxylic acids is 1. The van der Waals surface area contributed by atoms with Gasteiger partial charge in [0.15, 0.2) is 11.5 Å². The van der Waals surface area contributed by atoms with Crippen LogP contribution in [0.5, 0.6) is 11.5 Å². The zero-order valence-corrected chi connectivity index (χ0v) is 13.7. The Kier molecular flexibility index (Phi) is 3.97. The maximum Gasteiger partial charge on any atom is 0.308 e. The molecule has 2 atom stereocenters. The number of hydrogen-bond donors (Lipinski definition) is 1. The summed E-state index contributed by atoms with van der Waals surface area (Å²) in [6.45, 7) is 3.49. The number of carbonyl (C=O) groups is 1. The first kappa shape index (κ1) is 16.1. The second-order valence-electron chi connectivity index (χ2n) is 6.07. The predicted molar refractivity (Wildman–Crippen MR) is 82.1 cm³/mol. The number of carboxylic acid groups (broad SMARTS) is 1. The highest BCUT2D eigenvalue weighted by Gasteiger charge is 2.44. The highest BCUT2D eigenvalue weighted by molar-refractivity contribution is 7.89. The monoisotopic (exact) mass is 341 g/mol. The molecule has 2 aliphatic rings. The molecule has 1 fully saturated rings. The lowest BCUT2D eigenvalue weighted by atomic mass is 9.89. The van der Waals surface area contributed by atoms with Gasteiger partial charge in [-0.25, -0.2) is 12.7 Å². The van der Waals surface area contributed by atoms with E-state index in [0.29, 0.717) is 11.5 Å². The number of rotatable bonds is 4. The number of ether oxygens (including phenoxy) is 2. The van der Waals surface area contributed by atoms with Crippen molar-refractivity contribution in [3.8, 4) is 11.5 Å². The smallest absolute Gasteiger partial charge is 0.308 e. The van der Waals surface area contributed by atoms with Gasteiger partial charge >= 0.3 is 5.97 Å². The van der Waals surface area contributed by atoms with Crippen LogP contribution in [-0.2, 0) is 14.8 Å². The van der Waals surface area contributed by atoms with Crippen LogP contribution in [-0.4, -0.2) is 48.9 Å². The number of hydrogen-bond acceptors (Lipinski definition) is 5. The van der Waals surface area contributed by atoms with E-state index in [4.69, 9.17) is 9.47 Å². The maximum atomic E-state index is 12.4. The molecule has 23 heavy (non-hydrogen) atoms. The molecule has 3 rings (SSSR count). The lowest BCUT2D eigenvalue weighted by molar-refractivity contribution is -0.141. The minimum atomic E-state index is -3.48. The molecule has 0 radical (unpaired) electrons. The van der Waals surface area contributed by atoms with Crippen LogP contribution in [0.4, 0.5) is 0 Å². The minimum Gasteiger partial charge on any atom is -0.481 e. The second kappa shape index (κ2) is 5.68. The van der Waals surface area contributed by atoms with Gasteiger partial charge in [0, 0.05) is 19.0 Å². The van der Waals surface area contributed by atoms with Crippen LogP contribution in [0.1, 0.15) is 25.3 Å². The maximum absolute atomic E-state index is 12.4. The standard InChI is InChI=1S/C15H19NO6S/c1-9(2)23(19,20)16-6-11(12(7-16)15(17)18)10-3-4-13-14(5-10)22-8-21-13/h3-5,9,11-12H,6-8H2,1-2H3,(H,17,18). The first-order valence-electron chi connectivity index (χ1n) is 7.42. The molecule has 7 nitrogen and oxygen atoms in total. The molecule has 2 unspecified atom stereocenters. The Labute approximate surface area is 134 Å². The average molecular weight is 341 g/mol. The van der Waals surface area contributed by atoms with Crippen LogP contribution >= 0.6 is 0 Å². The van der Waals surface area contributed by atoms with E-state index in [1.807, 2.05) is 0 Å². The molecular weight excluding hydrogens is 322 g/mol. The van der Waals surface area contributed by atoms with E-state index in [-0.39, 0.29) is 19.9 Å². The highest BCUT2D eigenvalue weighted by atomic mass is 32.2. The molecule has 2 heterocycles. The molecular formula is C15H19NO6S. The van der Waals surface area contributed by atoms with Crippen molar-refractivity contribution in [2.45, 2.75) is 25.0 Å². The SMILES string of the molecule is CC(C)S(=O)(=O)N1CC(C(=O)O)C(c2ccc3c(c2)OCO3)C1. The third-order valence-electron chi connectivity index (χ3n) is 4.38. The van der Waals surface area contributed by atoms with Crippen molar-refractivity contribution in [1.29, 1.82) is 0 Å². The lowest BCUT2D eigenvalue weighted by Gasteiger charge is -2.19. The van der Waals surface area contributed by atoms with E-state index in [1.54, 1.807) is 32.0 Å². The number of fused-ring (bicyclic) bond motifs is 1. The highest BCUT2D eigenvalue weighted by Crippen LogP contribution is 2.40. The Morgan fingerprint density at radius 3 is 2.61 bits per heavy atom. The Morgan fingerprint density at radius 1 is 1.26 bits per heavy atom. The zero-order valence-electron chi connectivity index (χ0n) is 12.9. The van der Waals surface area contributed by atoms with Gasteiger partial charge < -0.3 is 14.6 Å². The van der Waals surface area contributed by atoms with Crippen LogP contribution in [0.3, 0.4) is 0 Å². The lowest BCUT2D eigenvalue weighted by Crippen LogP contribution is -2.35. The van der Waals surface area contributed by atoms with E-state index in [2.05, 4.69) is 0 Å². The summed E-state index contributed by atoms with van der Waals surface area (Å²) >= 11 is 0. The van der Waals surface area contributed by atoms with Crippen LogP contribution in [0.2, 0.25) is 0 Å². The third-order valence-corrected chi connectivity index (χ3v) is 6.59. The molecule has 1 N–H and O–H groups in total. The van der Waals surface area contributed by atoms with Crippen LogP contribution in [0.15, 0.2) is 18.2 Å². The summed E-state index contributed by atoms with van der Waals surface area (Å²) in [5, 5.41) is 8.91. The molecule has 0 spiro atoms. The van der Waals surface area contributed by atoms with Crippen molar-refractivity contribution >= 4 is 16.0 Å². The molecule has 8 heteroatoms. The fourth-order valence-corrected chi connectivity index (χ4v) is 4.34. The topological polar surface area (TPSA) is 93.1 Å². The van der Waals surface area contributed by atoms with E-state index in [1.165, 1.54) is 4.31 Å². The van der Waals surface area contributed by atoms with E-state index < -0.39 is 33.1 Å². The second-order valence-corrected chi connectivity index (χ2v) is 8.56. The Morgan fingerprint density at radius 2 is 1.96 bits per heavy atom. The van der Waals surface area contributed by atoms with Crippen molar-refractivity contribution in [1.82, 2.24) is 4.31 Å². The van der Waals surface area contributed by atoms with Gasteiger partial charge in [0.05, 0.1) is 11.2 Å². The molecule has 0 aliphatic carbocycles. The first-order valence-corrected chi connectivity index (χ1v) is 8.92. The largest absolute Gasteiger partial charge is 0.481 e. The van der Waals surface area contributed by atoms with Gasteiger partial charge in [0.1, 0.15) is 0 Å². The normalized spacial score (nSPS) is 24.3. The number of sulfonamides is 1. The summed E-state index contributed by atoms with van der Waals surface area (Å²) in [6, 6.07) is 5.25. The molecule has 2 aliphatic heterocycles. The summed E-state index contributed by atoms with van der Waals surface area (Å²) in [5.41, 5.74) is 0.753. The summed E-state index contributed by atoms with van der Waals surface area (Å²) in [6.07, 6.45) is 0. The van der Waals surface area contributed by atoms with Crippen molar-refractivity contribution in [2.24, 2.45) is 5.92 Å². The quantitative estimate of drug-likeness (QED) is 0.886. The molecule has 126 valence electrons. The summed E-state index contributed by atoms with van der Waals surface area (Å²) in [5.74, 6) is -0.990. The predicted octanol–water partition coefficient (Wildman–Crippen LogP) is 1.25. The van der Waals surface area contributed by atoms with Crippen molar-refractivity contribution in [3.05, 3.63) is 23.8 Å². The van der Waals surface area contributed by atoms with E-state index in [9.17, 15) is 18.3 Å². The molecule has 0 saturated carbocycles. The van der Waals surface area contributed by atoms with Gasteiger partial charge in [-0.2, -0.15) is 0 Å². The zero-order chi connectivity index (χ0) is 16.8. The van der Waals surface area contributed by atoms with E-state index >= 15 is 0 Å². The molecule has 0 aromatic heterocycles. The van der Waals surface area contributed by atoms with Gasteiger partial charge in [-0.05, 0) is 31.5 Å². The molecule has 1 aromatic carbocycles. The molecule has 0 amide bonds. The van der Waals surface area contributed by atoms with Gasteiger partial charge in [-0.3, -0.25) is 4.79 Å². The fourth-order valence-electron chi connectivity index (χ4n) is 3.01. The Hall–Kier alpha value is -1.80. The summed E-state index contributed by atoms with van der Waals surface area (Å²) in [7, 11) is -3.48. The fraction of sp³-hybridized carbons (Fsp3) is 0.533. The number of benzene rings is 1. The first-order chi connectivity index (χ1) is 10.8. The average Bonchev–Trinajstić information content (AvgIpc) is 3.13. The van der Waals surface area contributed by atoms with Crippen molar-refractivity contribution < 1.29 is 27.8 Å². The summed E-state index contributed by atoms with van der Waals surface area (Å²) in [4.78, 5) is 11.6. The summed E-state index contributed by atoms with van der Waals surface area (Å²) < 4.78 is 36.6. The van der Waals surface area contributed by atoms with E-state index in [0.717, 1.165) is 5.56 Å². The van der Waals surface area contributed by atoms with Crippen LogP contribution in [0, 0.1) is 5.92 Å². The van der Waals surface area contributed by atoms with Crippen LogP contribution < -0.4 is 9.47 Å². The number of aliphatic carboxylic acids is 1. The third kappa shape index (κ3) is 2.76.